The predicted molar refractivity (Wildman–Crippen MR) is 71.9 cm³/mol. The number of hydrogen-bond donors (Lipinski definition) is 1. The molecule has 2 heterocycles. The molecule has 104 valence electrons. The van der Waals surface area contributed by atoms with Gasteiger partial charge < -0.3 is 9.84 Å². The van der Waals surface area contributed by atoms with Crippen LogP contribution >= 0.6 is 0 Å². The molecule has 0 spiro atoms. The molecule has 0 saturated heterocycles. The Morgan fingerprint density at radius 2 is 2.11 bits per heavy atom. The molecule has 6 nitrogen and oxygen atoms in total. The van der Waals surface area contributed by atoms with Crippen molar-refractivity contribution in [3.63, 3.8) is 0 Å². The van der Waals surface area contributed by atoms with Gasteiger partial charge in [-0.15, -0.1) is 0 Å². The van der Waals surface area contributed by atoms with Gasteiger partial charge in [-0.2, -0.15) is 10.1 Å². The number of nitrogens with zero attached hydrogens (tertiary/aromatic N) is 4. The van der Waals surface area contributed by atoms with Crippen molar-refractivity contribution < 1.29 is 4.52 Å². The molecule has 2 aromatic heterocycles. The predicted octanol–water partition coefficient (Wildman–Crippen LogP) is 1.60. The van der Waals surface area contributed by atoms with E-state index in [9.17, 15) is 0 Å². The van der Waals surface area contributed by atoms with Gasteiger partial charge in [0, 0.05) is 24.2 Å². The van der Waals surface area contributed by atoms with Crippen LogP contribution in [-0.4, -0.2) is 27.0 Å². The fourth-order valence-electron chi connectivity index (χ4n) is 2.13. The number of aromatic nitrogens is 4. The Morgan fingerprint density at radius 1 is 1.32 bits per heavy atom. The molecule has 19 heavy (non-hydrogen) atoms. The van der Waals surface area contributed by atoms with Crippen LogP contribution < -0.4 is 5.32 Å². The molecule has 0 aliphatic carbocycles. The highest BCUT2D eigenvalue weighted by Crippen LogP contribution is 2.14. The lowest BCUT2D eigenvalue weighted by Gasteiger charge is -2.02. The Balaban J connectivity index is 2.16. The van der Waals surface area contributed by atoms with Crippen LogP contribution in [0.3, 0.4) is 0 Å². The first-order valence-electron chi connectivity index (χ1n) is 6.64. The van der Waals surface area contributed by atoms with Crippen LogP contribution in [0.15, 0.2) is 4.52 Å². The first-order valence-corrected chi connectivity index (χ1v) is 6.64. The minimum absolute atomic E-state index is 0.535. The Bertz CT molecular complexity index is 543. The van der Waals surface area contributed by atoms with Gasteiger partial charge in [-0.25, -0.2) is 0 Å². The summed E-state index contributed by atoms with van der Waals surface area (Å²) < 4.78 is 7.17. The van der Waals surface area contributed by atoms with Crippen LogP contribution in [0, 0.1) is 13.8 Å². The van der Waals surface area contributed by atoms with Crippen molar-refractivity contribution >= 4 is 0 Å². The average molecular weight is 263 g/mol. The molecule has 6 heteroatoms. The standard InChI is InChI=1S/C13H21N5O/c1-5-6-12-15-13(19-17-12)8-18-10(3)11(7-14-4)9(2)16-18/h14H,5-8H2,1-4H3. The fraction of sp³-hybridized carbons (Fsp3) is 0.615. The van der Waals surface area contributed by atoms with Crippen molar-refractivity contribution in [2.45, 2.75) is 46.7 Å². The summed E-state index contributed by atoms with van der Waals surface area (Å²) in [5.41, 5.74) is 3.41. The van der Waals surface area contributed by atoms with Crippen molar-refractivity contribution in [1.29, 1.82) is 0 Å². The van der Waals surface area contributed by atoms with Crippen LogP contribution in [0.2, 0.25) is 0 Å². The maximum atomic E-state index is 5.25. The zero-order valence-electron chi connectivity index (χ0n) is 12.0. The molecular formula is C13H21N5O. The van der Waals surface area contributed by atoms with Crippen LogP contribution in [0.25, 0.3) is 0 Å². The Morgan fingerprint density at radius 3 is 2.79 bits per heavy atom. The van der Waals surface area contributed by atoms with Crippen molar-refractivity contribution in [2.24, 2.45) is 0 Å². The molecule has 0 amide bonds. The third-order valence-corrected chi connectivity index (χ3v) is 3.15. The normalized spacial score (nSPS) is 11.2. The first-order chi connectivity index (χ1) is 9.15. The molecule has 0 unspecified atom stereocenters. The third-order valence-electron chi connectivity index (χ3n) is 3.15. The van der Waals surface area contributed by atoms with E-state index < -0.39 is 0 Å². The zero-order chi connectivity index (χ0) is 13.8. The number of aryl methyl sites for hydroxylation is 2. The van der Waals surface area contributed by atoms with Crippen molar-refractivity contribution in [3.05, 3.63) is 28.7 Å². The fourth-order valence-corrected chi connectivity index (χ4v) is 2.13. The van der Waals surface area contributed by atoms with Gasteiger partial charge in [0.2, 0.25) is 5.89 Å². The molecule has 0 aromatic carbocycles. The van der Waals surface area contributed by atoms with Gasteiger partial charge in [0.25, 0.3) is 0 Å². The largest absolute Gasteiger partial charge is 0.337 e. The molecule has 0 radical (unpaired) electrons. The van der Waals surface area contributed by atoms with Gasteiger partial charge in [0.05, 0.1) is 5.69 Å². The number of rotatable bonds is 6. The summed E-state index contributed by atoms with van der Waals surface area (Å²) in [6.45, 7) is 7.54. The highest BCUT2D eigenvalue weighted by Gasteiger charge is 2.13. The third kappa shape index (κ3) is 3.01. The Labute approximate surface area is 113 Å². The Kier molecular flexibility index (Phi) is 4.31. The van der Waals surface area contributed by atoms with Crippen molar-refractivity contribution in [2.75, 3.05) is 7.05 Å². The molecule has 0 fully saturated rings. The van der Waals surface area contributed by atoms with Crippen LogP contribution in [0.5, 0.6) is 0 Å². The molecule has 0 aliphatic heterocycles. The van der Waals surface area contributed by atoms with E-state index in [1.807, 2.05) is 18.7 Å². The summed E-state index contributed by atoms with van der Waals surface area (Å²) >= 11 is 0. The highest BCUT2D eigenvalue weighted by atomic mass is 16.5. The summed E-state index contributed by atoms with van der Waals surface area (Å²) in [7, 11) is 1.94. The van der Waals surface area contributed by atoms with Crippen LogP contribution in [-0.2, 0) is 19.5 Å². The highest BCUT2D eigenvalue weighted by molar-refractivity contribution is 5.24. The van der Waals surface area contributed by atoms with E-state index in [4.69, 9.17) is 4.52 Å². The topological polar surface area (TPSA) is 68.8 Å². The summed E-state index contributed by atoms with van der Waals surface area (Å²) in [6.07, 6.45) is 1.87. The smallest absolute Gasteiger partial charge is 0.248 e. The van der Waals surface area contributed by atoms with Gasteiger partial charge in [0.15, 0.2) is 5.82 Å². The van der Waals surface area contributed by atoms with Gasteiger partial charge in [0.1, 0.15) is 6.54 Å². The zero-order valence-corrected chi connectivity index (χ0v) is 12.0. The van der Waals surface area contributed by atoms with Crippen molar-refractivity contribution in [1.82, 2.24) is 25.2 Å². The summed E-state index contributed by atoms with van der Waals surface area (Å²) in [6, 6.07) is 0. The SMILES string of the molecule is CCCc1noc(Cn2nc(C)c(CNC)c2C)n1. The molecule has 0 saturated carbocycles. The second kappa shape index (κ2) is 5.97. The van der Waals surface area contributed by atoms with E-state index in [0.717, 1.165) is 36.6 Å². The second-order valence-corrected chi connectivity index (χ2v) is 4.69. The molecule has 0 bridgehead atoms. The molecule has 1 N–H and O–H groups in total. The van der Waals surface area contributed by atoms with E-state index >= 15 is 0 Å². The summed E-state index contributed by atoms with van der Waals surface area (Å²) in [5, 5.41) is 11.6. The summed E-state index contributed by atoms with van der Waals surface area (Å²) in [5.74, 6) is 1.39. The first kappa shape index (κ1) is 13.7. The van der Waals surface area contributed by atoms with E-state index in [2.05, 4.69) is 34.4 Å². The van der Waals surface area contributed by atoms with Gasteiger partial charge in [-0.3, -0.25) is 4.68 Å². The van der Waals surface area contributed by atoms with Gasteiger partial charge in [-0.1, -0.05) is 12.1 Å². The van der Waals surface area contributed by atoms with E-state index in [1.54, 1.807) is 0 Å². The average Bonchev–Trinajstić information content (AvgIpc) is 2.91. The minimum Gasteiger partial charge on any atom is -0.337 e. The van der Waals surface area contributed by atoms with Gasteiger partial charge >= 0.3 is 0 Å². The monoisotopic (exact) mass is 263 g/mol. The number of nitrogens with one attached hydrogen (secondary N) is 1. The van der Waals surface area contributed by atoms with Gasteiger partial charge in [-0.05, 0) is 27.3 Å². The molecule has 2 rings (SSSR count). The lowest BCUT2D eigenvalue weighted by molar-refractivity contribution is 0.359. The van der Waals surface area contributed by atoms with Crippen LogP contribution in [0.4, 0.5) is 0 Å². The quantitative estimate of drug-likeness (QED) is 0.857. The lowest BCUT2D eigenvalue weighted by atomic mass is 10.2. The van der Waals surface area contributed by atoms with E-state index in [-0.39, 0.29) is 0 Å². The maximum Gasteiger partial charge on any atom is 0.248 e. The molecular weight excluding hydrogens is 242 g/mol. The minimum atomic E-state index is 0.535. The number of hydrogen-bond acceptors (Lipinski definition) is 5. The molecule has 0 atom stereocenters. The second-order valence-electron chi connectivity index (χ2n) is 4.69. The molecule has 0 aliphatic rings. The van der Waals surface area contributed by atoms with Crippen LogP contribution in [0.1, 0.15) is 42.0 Å². The Hall–Kier alpha value is -1.69. The van der Waals surface area contributed by atoms with E-state index in [1.165, 1.54) is 5.56 Å². The molecule has 2 aromatic rings. The lowest BCUT2D eigenvalue weighted by Crippen LogP contribution is -2.08. The van der Waals surface area contributed by atoms with E-state index in [0.29, 0.717) is 12.4 Å². The maximum absolute atomic E-state index is 5.25. The van der Waals surface area contributed by atoms with Crippen molar-refractivity contribution in [3.8, 4) is 0 Å². The summed E-state index contributed by atoms with van der Waals surface area (Å²) in [4.78, 5) is 4.37.